The first kappa shape index (κ1) is 26.6. The van der Waals surface area contributed by atoms with E-state index in [1.165, 1.54) is 30.3 Å². The van der Waals surface area contributed by atoms with Crippen molar-refractivity contribution in [2.24, 2.45) is 5.92 Å². The van der Waals surface area contributed by atoms with Gasteiger partial charge in [0.05, 0.1) is 12.8 Å². The zero-order valence-corrected chi connectivity index (χ0v) is 20.6. The number of aliphatic hydroxyl groups is 1. The minimum atomic E-state index is -3.04. The number of carboxylic acid groups (broad SMARTS) is 1. The molecule has 8 heteroatoms. The highest BCUT2D eigenvalue weighted by atomic mass is 31.1. The Bertz CT molecular complexity index is 1080. The maximum absolute atomic E-state index is 13.5. The number of halogens is 1. The van der Waals surface area contributed by atoms with Gasteiger partial charge < -0.3 is 10.2 Å². The second kappa shape index (κ2) is 10.1. The monoisotopic (exact) mass is 474 g/mol. The second-order valence-electron chi connectivity index (χ2n) is 9.20. The first-order chi connectivity index (χ1) is 15.3. The maximum atomic E-state index is 13.5. The van der Waals surface area contributed by atoms with Gasteiger partial charge in [0, 0.05) is 23.4 Å². The largest absolute Gasteiger partial charge is 0.543 e. The summed E-state index contributed by atoms with van der Waals surface area (Å²) in [6.45, 7) is 9.28. The van der Waals surface area contributed by atoms with Gasteiger partial charge in [-0.15, -0.1) is 4.52 Å². The van der Waals surface area contributed by atoms with E-state index in [9.17, 15) is 24.0 Å². The first-order valence-corrected chi connectivity index (χ1v) is 11.7. The third-order valence-corrected chi connectivity index (χ3v) is 6.76. The van der Waals surface area contributed by atoms with E-state index in [0.717, 1.165) is 7.11 Å². The van der Waals surface area contributed by atoms with E-state index in [1.807, 2.05) is 20.8 Å². The van der Waals surface area contributed by atoms with Crippen LogP contribution < -0.4 is 0 Å². The molecule has 0 aliphatic rings. The van der Waals surface area contributed by atoms with E-state index in [4.69, 9.17) is 4.52 Å². The van der Waals surface area contributed by atoms with Gasteiger partial charge >= 0.3 is 19.2 Å². The minimum Gasteiger partial charge on any atom is -0.477 e. The van der Waals surface area contributed by atoms with E-state index in [-0.39, 0.29) is 18.0 Å². The maximum Gasteiger partial charge on any atom is 0.543 e. The average Bonchev–Trinajstić information content (AvgIpc) is 2.74. The summed E-state index contributed by atoms with van der Waals surface area (Å²) in [6.07, 6.45) is -0.336. The van der Waals surface area contributed by atoms with E-state index < -0.39 is 36.0 Å². The smallest absolute Gasteiger partial charge is 0.477 e. The van der Waals surface area contributed by atoms with Crippen molar-refractivity contribution in [2.45, 2.75) is 57.2 Å². The Balaban J connectivity index is 2.94. The van der Waals surface area contributed by atoms with E-state index in [2.05, 4.69) is 16.8 Å². The van der Waals surface area contributed by atoms with Crippen LogP contribution in [0.3, 0.4) is 0 Å². The molecule has 0 saturated carbocycles. The van der Waals surface area contributed by atoms with Gasteiger partial charge in [0.15, 0.2) is 5.60 Å². The van der Waals surface area contributed by atoms with Crippen LogP contribution in [0.2, 0.25) is 0 Å². The van der Waals surface area contributed by atoms with Crippen LogP contribution in [0.5, 0.6) is 0 Å². The summed E-state index contributed by atoms with van der Waals surface area (Å²) in [7, 11) is -1.93. The predicted molar refractivity (Wildman–Crippen MR) is 125 cm³/mol. The third-order valence-electron chi connectivity index (χ3n) is 5.20. The van der Waals surface area contributed by atoms with Crippen LogP contribution >= 0.6 is 8.03 Å². The lowest BCUT2D eigenvalue weighted by atomic mass is 9.77. The van der Waals surface area contributed by atoms with Gasteiger partial charge in [-0.05, 0) is 40.3 Å². The molecule has 0 amide bonds. The van der Waals surface area contributed by atoms with Crippen molar-refractivity contribution in [3.8, 4) is 11.8 Å². The molecule has 2 aromatic rings. The Morgan fingerprint density at radius 1 is 1.15 bits per heavy atom. The number of aliphatic carboxylic acids is 1. The highest BCUT2D eigenvalue weighted by Crippen LogP contribution is 2.52. The van der Waals surface area contributed by atoms with Gasteiger partial charge in [-0.1, -0.05) is 58.7 Å². The molecule has 33 heavy (non-hydrogen) atoms. The van der Waals surface area contributed by atoms with E-state index in [0.29, 0.717) is 11.3 Å². The number of aromatic nitrogens is 1. The summed E-state index contributed by atoms with van der Waals surface area (Å²) < 4.78 is 31.8. The molecule has 1 aromatic heterocycles. The lowest BCUT2D eigenvalue weighted by molar-refractivity contribution is -0.146. The summed E-state index contributed by atoms with van der Waals surface area (Å²) in [5.74, 6) is 2.99. The Hall–Kier alpha value is -2.65. The number of nitrogens with zero attached hydrogens (tertiary/aromatic N) is 1. The normalized spacial score (nSPS) is 15.7. The van der Waals surface area contributed by atoms with Crippen LogP contribution in [0, 0.1) is 23.6 Å². The molecule has 6 nitrogen and oxygen atoms in total. The Labute approximate surface area is 195 Å². The molecule has 1 aromatic carbocycles. The number of hydrogen-bond acceptors (Lipinski definition) is 5. The molecule has 0 saturated heterocycles. The molecule has 1 heterocycles. The molecule has 0 aliphatic heterocycles. The molecule has 3 atom stereocenters. The Morgan fingerprint density at radius 3 is 2.21 bits per heavy atom. The lowest BCUT2D eigenvalue weighted by Gasteiger charge is -2.34. The van der Waals surface area contributed by atoms with Crippen LogP contribution in [0.25, 0.3) is 0 Å². The predicted octanol–water partition coefficient (Wildman–Crippen LogP) is 4.82. The van der Waals surface area contributed by atoms with Gasteiger partial charge in [-0.3, -0.25) is 4.98 Å². The van der Waals surface area contributed by atoms with Crippen molar-refractivity contribution in [3.05, 3.63) is 65.2 Å². The van der Waals surface area contributed by atoms with Crippen molar-refractivity contribution in [3.63, 3.8) is 0 Å². The van der Waals surface area contributed by atoms with Crippen LogP contribution in [-0.2, 0) is 31.3 Å². The number of carbonyl (C=O) groups is 1. The van der Waals surface area contributed by atoms with Gasteiger partial charge in [0.1, 0.15) is 5.82 Å². The van der Waals surface area contributed by atoms with Crippen LogP contribution in [0.1, 0.15) is 51.6 Å². The number of carboxylic acids is 1. The number of rotatable bonds is 7. The topological polar surface area (TPSA) is 96.7 Å². The fourth-order valence-corrected chi connectivity index (χ4v) is 4.46. The standard InChI is InChI=1S/C25H29FNO5P/c1-17(2)14-15-25(22(28)29,33(31)32-6)24(30,16-18-10-12-19(26)13-11-18)21-9-7-8-20(27-21)23(3,4)5/h7-13,17,30H,16H2,1-6H3/p+1. The molecule has 2 rings (SSSR count). The number of hydrogen-bond donors (Lipinski definition) is 2. The Kier molecular flexibility index (Phi) is 8.13. The van der Waals surface area contributed by atoms with Crippen molar-refractivity contribution in [1.29, 1.82) is 0 Å². The molecule has 2 N–H and O–H groups in total. The highest BCUT2D eigenvalue weighted by molar-refractivity contribution is 7.43. The quantitative estimate of drug-likeness (QED) is 0.441. The first-order valence-electron chi connectivity index (χ1n) is 10.5. The van der Waals surface area contributed by atoms with Crippen molar-refractivity contribution >= 4 is 14.0 Å². The Morgan fingerprint density at radius 2 is 1.73 bits per heavy atom. The summed E-state index contributed by atoms with van der Waals surface area (Å²) in [5.41, 5.74) is -1.78. The van der Waals surface area contributed by atoms with Gasteiger partial charge in [-0.25, -0.2) is 9.18 Å². The van der Waals surface area contributed by atoms with Gasteiger partial charge in [-0.2, -0.15) is 0 Å². The molecule has 0 bridgehead atoms. The fraction of sp³-hybridized carbons (Fsp3) is 0.440. The highest BCUT2D eigenvalue weighted by Gasteiger charge is 2.72. The number of pyridine rings is 1. The summed E-state index contributed by atoms with van der Waals surface area (Å²) >= 11 is 0. The van der Waals surface area contributed by atoms with Gasteiger partial charge in [0.2, 0.25) is 0 Å². The SMILES string of the molecule is CO[P+](=O)C(C#CC(C)C)(C(=O)O)C(O)(Cc1ccc(F)cc1)c1cccc(C(C)(C)C)n1. The molecule has 176 valence electrons. The van der Waals surface area contributed by atoms with Crippen LogP contribution in [0.4, 0.5) is 4.39 Å². The van der Waals surface area contributed by atoms with Crippen molar-refractivity contribution in [2.75, 3.05) is 7.11 Å². The third kappa shape index (κ3) is 5.47. The van der Waals surface area contributed by atoms with Crippen LogP contribution in [0.15, 0.2) is 42.5 Å². The molecular weight excluding hydrogens is 444 g/mol. The molecule has 0 spiro atoms. The zero-order chi connectivity index (χ0) is 25.0. The molecule has 0 fully saturated rings. The molecular formula is C25H30FNO5P+. The average molecular weight is 474 g/mol. The zero-order valence-electron chi connectivity index (χ0n) is 19.7. The van der Waals surface area contributed by atoms with Gasteiger partial charge in [0.25, 0.3) is 0 Å². The molecule has 3 unspecified atom stereocenters. The summed E-state index contributed by atoms with van der Waals surface area (Å²) in [5, 5.41) is 20.0. The molecule has 0 aliphatic carbocycles. The van der Waals surface area contributed by atoms with Crippen molar-refractivity contribution < 1.29 is 28.5 Å². The summed E-state index contributed by atoms with van der Waals surface area (Å²) in [6, 6.07) is 10.2. The second-order valence-corrected chi connectivity index (χ2v) is 10.8. The minimum absolute atomic E-state index is 0.0138. The van der Waals surface area contributed by atoms with E-state index in [1.54, 1.807) is 26.0 Å². The molecule has 0 radical (unpaired) electrons. The number of benzene rings is 1. The fourth-order valence-electron chi connectivity index (χ4n) is 3.38. The van der Waals surface area contributed by atoms with E-state index >= 15 is 0 Å². The lowest BCUT2D eigenvalue weighted by Crippen LogP contribution is -2.56. The van der Waals surface area contributed by atoms with Crippen molar-refractivity contribution in [1.82, 2.24) is 4.98 Å². The van der Waals surface area contributed by atoms with Crippen LogP contribution in [-0.4, -0.2) is 33.4 Å². The summed E-state index contributed by atoms with van der Waals surface area (Å²) in [4.78, 5) is 17.3.